The summed E-state index contributed by atoms with van der Waals surface area (Å²) >= 11 is 0. The first kappa shape index (κ1) is 27.1. The van der Waals surface area contributed by atoms with E-state index in [9.17, 15) is 23.1 Å². The Morgan fingerprint density at radius 2 is 2.00 bits per heavy atom. The van der Waals surface area contributed by atoms with Crippen LogP contribution in [0.3, 0.4) is 0 Å². The summed E-state index contributed by atoms with van der Waals surface area (Å²) in [5.41, 5.74) is 0.906. The Morgan fingerprint density at radius 1 is 1.29 bits per heavy atom. The summed E-state index contributed by atoms with van der Waals surface area (Å²) in [7, 11) is 1.88. The zero-order chi connectivity index (χ0) is 25.6. The number of aromatic nitrogens is 3. The topological polar surface area (TPSA) is 83.7 Å². The van der Waals surface area contributed by atoms with E-state index in [1.54, 1.807) is 15.8 Å². The van der Waals surface area contributed by atoms with E-state index in [1.807, 2.05) is 25.8 Å². The van der Waals surface area contributed by atoms with Crippen LogP contribution in [0, 0.1) is 5.92 Å². The molecule has 2 aromatic rings. The molecule has 1 N–H and O–H groups in total. The lowest BCUT2D eigenvalue weighted by Crippen LogP contribution is -2.47. The number of alkyl halides is 3. The Labute approximate surface area is 203 Å². The molecule has 1 aromatic carbocycles. The van der Waals surface area contributed by atoms with Crippen LogP contribution in [-0.4, -0.2) is 74.7 Å². The van der Waals surface area contributed by atoms with Crippen molar-refractivity contribution in [1.82, 2.24) is 24.8 Å². The summed E-state index contributed by atoms with van der Waals surface area (Å²) in [6, 6.07) is 4.83. The third-order valence-corrected chi connectivity index (χ3v) is 6.37. The molecule has 35 heavy (non-hydrogen) atoms. The minimum absolute atomic E-state index is 0.0301. The SMILES string of the molecule is C[C@H]1CN([C@@H](C)CO)C(=O)CCCn2nncc2CO[C@H]1CN(C)Cc1ccc(C(F)(F)F)cc1. The number of carbonyl (C=O) groups is 1. The van der Waals surface area contributed by atoms with Gasteiger partial charge in [-0.05, 0) is 38.1 Å². The van der Waals surface area contributed by atoms with E-state index < -0.39 is 11.7 Å². The first-order chi connectivity index (χ1) is 16.6. The van der Waals surface area contributed by atoms with Gasteiger partial charge in [-0.1, -0.05) is 24.3 Å². The monoisotopic (exact) mass is 497 g/mol. The molecule has 1 aliphatic heterocycles. The number of ether oxygens (including phenoxy) is 1. The number of amides is 1. The summed E-state index contributed by atoms with van der Waals surface area (Å²) in [5, 5.41) is 17.8. The molecule has 1 amide bonds. The van der Waals surface area contributed by atoms with Crippen LogP contribution in [0.2, 0.25) is 0 Å². The van der Waals surface area contributed by atoms with Gasteiger partial charge in [0.25, 0.3) is 0 Å². The molecule has 11 heteroatoms. The number of nitrogens with zero attached hydrogens (tertiary/aromatic N) is 5. The predicted molar refractivity (Wildman–Crippen MR) is 123 cm³/mol. The molecule has 3 rings (SSSR count). The Bertz CT molecular complexity index is 951. The number of likely N-dealkylation sites (N-methyl/N-ethyl adjacent to an activating group) is 1. The van der Waals surface area contributed by atoms with Gasteiger partial charge in [0.05, 0.1) is 42.8 Å². The van der Waals surface area contributed by atoms with Crippen LogP contribution in [0.25, 0.3) is 0 Å². The van der Waals surface area contributed by atoms with E-state index in [0.717, 1.165) is 23.4 Å². The summed E-state index contributed by atoms with van der Waals surface area (Å²) in [6.07, 6.45) is -2.04. The molecule has 3 atom stereocenters. The molecule has 0 spiro atoms. The second kappa shape index (κ2) is 12.0. The normalized spacial score (nSPS) is 21.4. The first-order valence-corrected chi connectivity index (χ1v) is 11.8. The van der Waals surface area contributed by atoms with Crippen LogP contribution < -0.4 is 0 Å². The lowest BCUT2D eigenvalue weighted by Gasteiger charge is -2.35. The van der Waals surface area contributed by atoms with E-state index in [4.69, 9.17) is 4.74 Å². The smallest absolute Gasteiger partial charge is 0.394 e. The van der Waals surface area contributed by atoms with Crippen LogP contribution in [0.15, 0.2) is 30.5 Å². The van der Waals surface area contributed by atoms with Gasteiger partial charge in [-0.2, -0.15) is 13.2 Å². The number of aryl methyl sites for hydroxylation is 1. The minimum Gasteiger partial charge on any atom is -0.394 e. The molecule has 8 nitrogen and oxygen atoms in total. The zero-order valence-electron chi connectivity index (χ0n) is 20.4. The van der Waals surface area contributed by atoms with Gasteiger partial charge in [-0.25, -0.2) is 4.68 Å². The van der Waals surface area contributed by atoms with E-state index >= 15 is 0 Å². The van der Waals surface area contributed by atoms with Gasteiger partial charge in [-0.3, -0.25) is 9.69 Å². The molecule has 2 heterocycles. The van der Waals surface area contributed by atoms with E-state index in [1.165, 1.54) is 12.1 Å². The minimum atomic E-state index is -4.36. The third-order valence-electron chi connectivity index (χ3n) is 6.37. The Kier molecular flexibility index (Phi) is 9.26. The highest BCUT2D eigenvalue weighted by atomic mass is 19.4. The highest BCUT2D eigenvalue weighted by Gasteiger charge is 2.30. The van der Waals surface area contributed by atoms with Gasteiger partial charge in [0, 0.05) is 38.5 Å². The van der Waals surface area contributed by atoms with Crippen molar-refractivity contribution < 1.29 is 27.8 Å². The highest BCUT2D eigenvalue weighted by Crippen LogP contribution is 2.29. The maximum atomic E-state index is 12.9. The molecular formula is C24H34F3N5O3. The lowest BCUT2D eigenvalue weighted by molar-refractivity contribution is -0.138. The average molecular weight is 498 g/mol. The second-order valence-corrected chi connectivity index (χ2v) is 9.35. The maximum absolute atomic E-state index is 12.9. The lowest BCUT2D eigenvalue weighted by atomic mass is 10.0. The zero-order valence-corrected chi connectivity index (χ0v) is 20.4. The maximum Gasteiger partial charge on any atom is 0.416 e. The Morgan fingerprint density at radius 3 is 2.66 bits per heavy atom. The number of aliphatic hydroxyl groups excluding tert-OH is 1. The fourth-order valence-corrected chi connectivity index (χ4v) is 4.23. The van der Waals surface area contributed by atoms with Crippen LogP contribution >= 0.6 is 0 Å². The molecular weight excluding hydrogens is 463 g/mol. The van der Waals surface area contributed by atoms with Crippen LogP contribution in [0.5, 0.6) is 0 Å². The molecule has 0 aliphatic carbocycles. The van der Waals surface area contributed by atoms with Crippen molar-refractivity contribution in [3.63, 3.8) is 0 Å². The van der Waals surface area contributed by atoms with Crippen molar-refractivity contribution in [1.29, 1.82) is 0 Å². The number of benzene rings is 1. The van der Waals surface area contributed by atoms with E-state index in [2.05, 4.69) is 10.3 Å². The number of hydrogen-bond acceptors (Lipinski definition) is 6. The predicted octanol–water partition coefficient (Wildman–Crippen LogP) is 2.95. The summed E-state index contributed by atoms with van der Waals surface area (Å²) in [5.74, 6) is -0.0933. The fourth-order valence-electron chi connectivity index (χ4n) is 4.23. The average Bonchev–Trinajstić information content (AvgIpc) is 3.25. The molecule has 0 unspecified atom stereocenters. The molecule has 0 saturated carbocycles. The van der Waals surface area contributed by atoms with Gasteiger partial charge in [0.15, 0.2) is 0 Å². The second-order valence-electron chi connectivity index (χ2n) is 9.35. The fraction of sp³-hybridized carbons (Fsp3) is 0.625. The number of rotatable bonds is 6. The largest absolute Gasteiger partial charge is 0.416 e. The van der Waals surface area contributed by atoms with Crippen molar-refractivity contribution in [3.8, 4) is 0 Å². The molecule has 0 bridgehead atoms. The standard InChI is InChI=1S/C24H34F3N5O3/c1-17-12-31(18(2)15-33)23(34)5-4-10-32-21(11-28-29-32)16-35-22(17)14-30(3)13-19-6-8-20(9-7-19)24(25,26)27/h6-9,11,17-18,22,33H,4-5,10,12-16H2,1-3H3/t17-,18-,22-/m0/s1. The molecule has 0 saturated heterocycles. The molecule has 0 fully saturated rings. The van der Waals surface area contributed by atoms with Crippen molar-refractivity contribution in [2.45, 2.75) is 64.7 Å². The summed E-state index contributed by atoms with van der Waals surface area (Å²) in [4.78, 5) is 16.6. The first-order valence-electron chi connectivity index (χ1n) is 11.8. The van der Waals surface area contributed by atoms with Gasteiger partial charge in [0.1, 0.15) is 0 Å². The molecule has 0 radical (unpaired) electrons. The number of carbonyl (C=O) groups excluding carboxylic acids is 1. The van der Waals surface area contributed by atoms with Crippen molar-refractivity contribution in [2.75, 3.05) is 26.7 Å². The van der Waals surface area contributed by atoms with Gasteiger partial charge >= 0.3 is 6.18 Å². The quantitative estimate of drug-likeness (QED) is 0.661. The van der Waals surface area contributed by atoms with Crippen molar-refractivity contribution >= 4 is 5.91 Å². The van der Waals surface area contributed by atoms with E-state index in [0.29, 0.717) is 45.6 Å². The van der Waals surface area contributed by atoms with Crippen molar-refractivity contribution in [2.24, 2.45) is 5.92 Å². The van der Waals surface area contributed by atoms with E-state index in [-0.39, 0.29) is 30.6 Å². The summed E-state index contributed by atoms with van der Waals surface area (Å²) < 4.78 is 46.6. The third kappa shape index (κ3) is 7.49. The molecule has 1 aromatic heterocycles. The van der Waals surface area contributed by atoms with Crippen LogP contribution in [0.1, 0.15) is 43.5 Å². The number of fused-ring (bicyclic) bond motifs is 1. The number of hydrogen-bond donors (Lipinski definition) is 1. The van der Waals surface area contributed by atoms with Gasteiger partial charge in [0.2, 0.25) is 5.91 Å². The Hall–Kier alpha value is -2.50. The van der Waals surface area contributed by atoms with Crippen molar-refractivity contribution in [3.05, 3.63) is 47.3 Å². The Balaban J connectivity index is 1.75. The highest BCUT2D eigenvalue weighted by molar-refractivity contribution is 5.76. The number of halogens is 3. The van der Waals surface area contributed by atoms with Crippen LogP contribution in [0.4, 0.5) is 13.2 Å². The number of aliphatic hydroxyl groups is 1. The van der Waals surface area contributed by atoms with Crippen LogP contribution in [-0.2, 0) is 35.4 Å². The summed E-state index contributed by atoms with van der Waals surface area (Å²) in [6.45, 7) is 5.90. The van der Waals surface area contributed by atoms with Gasteiger partial charge in [-0.15, -0.1) is 5.10 Å². The molecule has 194 valence electrons. The van der Waals surface area contributed by atoms with Gasteiger partial charge < -0.3 is 14.7 Å². The molecule has 1 aliphatic rings.